The Balaban J connectivity index is 0.00000259. The maximum atomic E-state index is 13.3. The molecule has 5 rings (SSSR count). The van der Waals surface area contributed by atoms with Crippen molar-refractivity contribution in [1.29, 1.82) is 0 Å². The van der Waals surface area contributed by atoms with Gasteiger partial charge in [-0.15, -0.1) is 0 Å². The summed E-state index contributed by atoms with van der Waals surface area (Å²) in [6.45, 7) is 9.79. The average Bonchev–Trinajstić information content (AvgIpc) is 3.32. The van der Waals surface area contributed by atoms with E-state index in [1.54, 1.807) is 0 Å². The lowest BCUT2D eigenvalue weighted by Gasteiger charge is -2.26. The first-order valence-electron chi connectivity index (χ1n) is 11.8. The highest BCUT2D eigenvalue weighted by molar-refractivity contribution is 5.82. The Morgan fingerprint density at radius 1 is 1.19 bits per heavy atom. The van der Waals surface area contributed by atoms with Gasteiger partial charge in [0.1, 0.15) is 18.2 Å². The Bertz CT molecular complexity index is 1160. The molecule has 2 amide bonds. The Hall–Kier alpha value is -3.02. The van der Waals surface area contributed by atoms with E-state index < -0.39 is 0 Å². The molecule has 32 heavy (non-hydrogen) atoms. The van der Waals surface area contributed by atoms with Crippen LogP contribution in [0.1, 0.15) is 44.6 Å². The van der Waals surface area contributed by atoms with E-state index >= 15 is 0 Å². The first-order valence-corrected chi connectivity index (χ1v) is 11.8. The maximum absolute atomic E-state index is 13.3. The standard InChI is InChI=1S/C26H32N4O2.H2/c1-4-5-19-8-9-29(15-19)26(31)30-10-11-32-25-17(2)12-21(13-22(25)16-30)20-6-7-23-24(14-20)28-18(3)27-23;/h6-7,12-14,19H,4-5,8-11,15-16H2,1-3H3,(H,27,28);1H. The molecule has 1 atom stereocenters. The Kier molecular flexibility index (Phi) is 5.53. The molecule has 1 saturated heterocycles. The topological polar surface area (TPSA) is 61.5 Å². The van der Waals surface area contributed by atoms with Gasteiger partial charge in [0.15, 0.2) is 0 Å². The molecule has 1 unspecified atom stereocenters. The zero-order valence-corrected chi connectivity index (χ0v) is 19.3. The summed E-state index contributed by atoms with van der Waals surface area (Å²) < 4.78 is 6.12. The van der Waals surface area contributed by atoms with Crippen LogP contribution in [0.3, 0.4) is 0 Å². The summed E-state index contributed by atoms with van der Waals surface area (Å²) in [5.41, 5.74) is 6.47. The van der Waals surface area contributed by atoms with Crippen LogP contribution in [0.4, 0.5) is 4.79 Å². The zero-order chi connectivity index (χ0) is 22.2. The van der Waals surface area contributed by atoms with Gasteiger partial charge in [-0.3, -0.25) is 0 Å². The molecule has 0 spiro atoms. The van der Waals surface area contributed by atoms with Gasteiger partial charge < -0.3 is 19.5 Å². The first kappa shape index (κ1) is 20.9. The van der Waals surface area contributed by atoms with Crippen LogP contribution in [-0.2, 0) is 6.54 Å². The molecule has 0 radical (unpaired) electrons. The van der Waals surface area contributed by atoms with Crippen LogP contribution in [-0.4, -0.2) is 52.0 Å². The molecule has 170 valence electrons. The highest BCUT2D eigenvalue weighted by Crippen LogP contribution is 2.34. The number of carbonyl (C=O) groups is 1. The normalized spacial score (nSPS) is 18.5. The van der Waals surface area contributed by atoms with Gasteiger partial charge in [-0.1, -0.05) is 19.4 Å². The minimum atomic E-state index is 0. The molecular formula is C26H34N4O2. The molecule has 2 aliphatic heterocycles. The Morgan fingerprint density at radius 2 is 2.06 bits per heavy atom. The van der Waals surface area contributed by atoms with Gasteiger partial charge in [0, 0.05) is 20.1 Å². The number of ether oxygens (including phenoxy) is 1. The van der Waals surface area contributed by atoms with E-state index in [-0.39, 0.29) is 7.46 Å². The second-order valence-corrected chi connectivity index (χ2v) is 9.28. The minimum Gasteiger partial charge on any atom is -0.491 e. The monoisotopic (exact) mass is 434 g/mol. The summed E-state index contributed by atoms with van der Waals surface area (Å²) in [6.07, 6.45) is 3.52. The van der Waals surface area contributed by atoms with Crippen LogP contribution in [0, 0.1) is 19.8 Å². The molecular weight excluding hydrogens is 400 g/mol. The smallest absolute Gasteiger partial charge is 0.320 e. The number of hydrogen-bond donors (Lipinski definition) is 1. The number of aromatic nitrogens is 2. The van der Waals surface area contributed by atoms with E-state index in [0.29, 0.717) is 25.6 Å². The van der Waals surface area contributed by atoms with Crippen LogP contribution in [0.2, 0.25) is 0 Å². The SMILES string of the molecule is CCCC1CCN(C(=O)N2CCOc3c(C)cc(-c4ccc5nc(C)[nH]c5c4)cc3C2)C1.[HH]. The van der Waals surface area contributed by atoms with E-state index in [1.165, 1.54) is 12.8 Å². The Labute approximate surface area is 191 Å². The maximum Gasteiger partial charge on any atom is 0.320 e. The highest BCUT2D eigenvalue weighted by atomic mass is 16.5. The number of likely N-dealkylation sites (tertiary alicyclic amines) is 1. The fourth-order valence-corrected chi connectivity index (χ4v) is 5.21. The summed E-state index contributed by atoms with van der Waals surface area (Å²) in [4.78, 5) is 25.1. The van der Waals surface area contributed by atoms with Crippen molar-refractivity contribution in [3.8, 4) is 16.9 Å². The fourth-order valence-electron chi connectivity index (χ4n) is 5.21. The number of hydrogen-bond acceptors (Lipinski definition) is 3. The van der Waals surface area contributed by atoms with Gasteiger partial charge >= 0.3 is 6.03 Å². The van der Waals surface area contributed by atoms with E-state index in [2.05, 4.69) is 54.1 Å². The van der Waals surface area contributed by atoms with E-state index in [1.807, 2.05) is 16.7 Å². The van der Waals surface area contributed by atoms with Crippen molar-refractivity contribution in [2.24, 2.45) is 5.92 Å². The van der Waals surface area contributed by atoms with Crippen LogP contribution in [0.5, 0.6) is 5.75 Å². The number of nitrogens with zero attached hydrogens (tertiary/aromatic N) is 3. The second-order valence-electron chi connectivity index (χ2n) is 9.28. The number of carbonyl (C=O) groups excluding carboxylic acids is 1. The lowest BCUT2D eigenvalue weighted by molar-refractivity contribution is 0.153. The number of H-pyrrole nitrogens is 1. The number of amides is 2. The second kappa shape index (κ2) is 8.49. The number of nitrogens with one attached hydrogen (secondary N) is 1. The van der Waals surface area contributed by atoms with E-state index in [0.717, 1.165) is 64.4 Å². The molecule has 2 aromatic carbocycles. The molecule has 0 bridgehead atoms. The predicted octanol–water partition coefficient (Wildman–Crippen LogP) is 5.53. The third-order valence-electron chi connectivity index (χ3n) is 6.78. The zero-order valence-electron chi connectivity index (χ0n) is 19.3. The number of aryl methyl sites for hydroxylation is 2. The van der Waals surface area contributed by atoms with Crippen LogP contribution >= 0.6 is 0 Å². The molecule has 2 aliphatic rings. The molecule has 6 heteroatoms. The van der Waals surface area contributed by atoms with Crippen LogP contribution in [0.15, 0.2) is 30.3 Å². The van der Waals surface area contributed by atoms with E-state index in [4.69, 9.17) is 4.74 Å². The summed E-state index contributed by atoms with van der Waals surface area (Å²) in [6, 6.07) is 10.8. The van der Waals surface area contributed by atoms with Gasteiger partial charge in [0.25, 0.3) is 0 Å². The number of urea groups is 1. The molecule has 3 aromatic rings. The molecule has 1 fully saturated rings. The van der Waals surface area contributed by atoms with Crippen molar-refractivity contribution in [1.82, 2.24) is 19.8 Å². The Morgan fingerprint density at radius 3 is 2.91 bits per heavy atom. The molecule has 1 aromatic heterocycles. The summed E-state index contributed by atoms with van der Waals surface area (Å²) in [5.74, 6) is 2.49. The van der Waals surface area contributed by atoms with Gasteiger partial charge in [-0.2, -0.15) is 0 Å². The number of rotatable bonds is 3. The van der Waals surface area contributed by atoms with Crippen molar-refractivity contribution >= 4 is 17.1 Å². The fraction of sp³-hybridized carbons (Fsp3) is 0.462. The summed E-state index contributed by atoms with van der Waals surface area (Å²) in [7, 11) is 0. The number of imidazole rings is 1. The van der Waals surface area contributed by atoms with Crippen molar-refractivity contribution < 1.29 is 11.0 Å². The van der Waals surface area contributed by atoms with Gasteiger partial charge in [-0.05, 0) is 73.6 Å². The van der Waals surface area contributed by atoms with E-state index in [9.17, 15) is 4.79 Å². The van der Waals surface area contributed by atoms with Crippen LogP contribution < -0.4 is 4.74 Å². The largest absolute Gasteiger partial charge is 0.491 e. The van der Waals surface area contributed by atoms with Crippen molar-refractivity contribution in [2.45, 2.75) is 46.6 Å². The molecule has 6 nitrogen and oxygen atoms in total. The average molecular weight is 435 g/mol. The van der Waals surface area contributed by atoms with Gasteiger partial charge in [0.05, 0.1) is 24.1 Å². The summed E-state index contributed by atoms with van der Waals surface area (Å²) >= 11 is 0. The third kappa shape index (κ3) is 3.94. The predicted molar refractivity (Wildman–Crippen MR) is 129 cm³/mol. The first-order chi connectivity index (χ1) is 15.5. The van der Waals surface area contributed by atoms with Crippen molar-refractivity contribution in [2.75, 3.05) is 26.2 Å². The molecule has 0 saturated carbocycles. The van der Waals surface area contributed by atoms with Gasteiger partial charge in [0.2, 0.25) is 0 Å². The van der Waals surface area contributed by atoms with Crippen LogP contribution in [0.25, 0.3) is 22.2 Å². The number of aromatic amines is 1. The lowest BCUT2D eigenvalue weighted by atomic mass is 9.98. The summed E-state index contributed by atoms with van der Waals surface area (Å²) in [5, 5.41) is 0. The number of fused-ring (bicyclic) bond motifs is 2. The molecule has 1 N–H and O–H groups in total. The van der Waals surface area contributed by atoms with Crippen molar-refractivity contribution in [3.05, 3.63) is 47.3 Å². The quantitative estimate of drug-likeness (QED) is 0.590. The van der Waals surface area contributed by atoms with Crippen molar-refractivity contribution in [3.63, 3.8) is 0 Å². The lowest BCUT2D eigenvalue weighted by Crippen LogP contribution is -2.42. The molecule has 3 heterocycles. The highest BCUT2D eigenvalue weighted by Gasteiger charge is 2.30. The number of benzene rings is 2. The van der Waals surface area contributed by atoms with Gasteiger partial charge in [-0.25, -0.2) is 9.78 Å². The molecule has 0 aliphatic carbocycles. The third-order valence-corrected chi connectivity index (χ3v) is 6.78. The minimum absolute atomic E-state index is 0.